The number of aliphatic hydroxyl groups is 1. The number of carbonyl (C=O) groups excluding carboxylic acids is 2. The summed E-state index contributed by atoms with van der Waals surface area (Å²) in [4.78, 5) is 27.8. The number of hydrogen-bond donors (Lipinski definition) is 3. The zero-order chi connectivity index (χ0) is 30.8. The molecule has 0 bridgehead atoms. The number of aryl methyl sites for hydroxylation is 2. The first-order valence-corrected chi connectivity index (χ1v) is 14.7. The Labute approximate surface area is 243 Å². The van der Waals surface area contributed by atoms with Gasteiger partial charge in [0.25, 0.3) is 5.91 Å². The van der Waals surface area contributed by atoms with Gasteiger partial charge in [-0.1, -0.05) is 12.1 Å². The van der Waals surface area contributed by atoms with Crippen LogP contribution in [0, 0.1) is 25.6 Å². The number of anilines is 2. The number of carbonyl (C=O) groups is 2. The third-order valence-electron chi connectivity index (χ3n) is 7.15. The third kappa shape index (κ3) is 6.55. The minimum atomic E-state index is -3.97. The van der Waals surface area contributed by atoms with Crippen LogP contribution >= 0.6 is 0 Å². The number of rotatable bonds is 8. The van der Waals surface area contributed by atoms with Gasteiger partial charge >= 0.3 is 6.03 Å². The molecule has 12 nitrogen and oxygen atoms in total. The van der Waals surface area contributed by atoms with Gasteiger partial charge in [-0.25, -0.2) is 17.6 Å². The number of nitrogens with zero attached hydrogens (tertiary/aromatic N) is 3. The first-order valence-electron chi connectivity index (χ1n) is 13.3. The molecule has 1 aliphatic rings. The smallest absolute Gasteiger partial charge is 0.323 e. The van der Waals surface area contributed by atoms with Gasteiger partial charge < -0.3 is 29.9 Å². The van der Waals surface area contributed by atoms with Crippen LogP contribution in [0.15, 0.2) is 51.9 Å². The minimum Gasteiger partial charge on any atom is -0.488 e. The highest BCUT2D eigenvalue weighted by atomic mass is 32.2. The maximum Gasteiger partial charge on any atom is 0.323 e. The third-order valence-corrected chi connectivity index (χ3v) is 8.99. The van der Waals surface area contributed by atoms with Crippen LogP contribution in [0.2, 0.25) is 0 Å². The number of benzene rings is 2. The van der Waals surface area contributed by atoms with Gasteiger partial charge in [0.15, 0.2) is 5.76 Å². The fraction of sp³-hybridized carbons (Fsp3) is 0.393. The number of fused-ring (bicyclic) bond motifs is 1. The predicted octanol–water partition coefficient (Wildman–Crippen LogP) is 3.62. The molecule has 3 atom stereocenters. The Balaban J connectivity index is 1.62. The van der Waals surface area contributed by atoms with Crippen LogP contribution in [0.1, 0.15) is 35.7 Å². The highest BCUT2D eigenvalue weighted by Crippen LogP contribution is 2.31. The van der Waals surface area contributed by atoms with Crippen LogP contribution in [-0.4, -0.2) is 78.7 Å². The Morgan fingerprint density at radius 2 is 1.90 bits per heavy atom. The van der Waals surface area contributed by atoms with Crippen molar-refractivity contribution in [2.75, 3.05) is 37.4 Å². The summed E-state index contributed by atoms with van der Waals surface area (Å²) >= 11 is 0. The summed E-state index contributed by atoms with van der Waals surface area (Å²) in [5.74, 6) is -0.692. The Bertz CT molecular complexity index is 1540. The highest BCUT2D eigenvalue weighted by Gasteiger charge is 2.35. The van der Waals surface area contributed by atoms with E-state index in [0.717, 1.165) is 16.4 Å². The molecule has 42 heavy (non-hydrogen) atoms. The summed E-state index contributed by atoms with van der Waals surface area (Å²) < 4.78 is 52.2. The van der Waals surface area contributed by atoms with Gasteiger partial charge in [-0.15, -0.1) is 0 Å². The van der Waals surface area contributed by atoms with Crippen molar-refractivity contribution >= 4 is 33.3 Å². The minimum absolute atomic E-state index is 0.0680. The Morgan fingerprint density at radius 3 is 2.52 bits per heavy atom. The van der Waals surface area contributed by atoms with Crippen LogP contribution in [0.5, 0.6) is 5.75 Å². The molecule has 4 rings (SSSR count). The van der Waals surface area contributed by atoms with E-state index in [1.807, 2.05) is 6.92 Å². The number of nitrogens with one attached hydrogen (secondary N) is 2. The molecular formula is C28H34FN5O7S. The van der Waals surface area contributed by atoms with E-state index < -0.39 is 39.9 Å². The summed E-state index contributed by atoms with van der Waals surface area (Å²) in [5, 5.41) is 19.0. The molecule has 2 aromatic carbocycles. The average Bonchev–Trinajstić information content (AvgIpc) is 3.26. The molecule has 3 N–H and O–H groups in total. The Kier molecular flexibility index (Phi) is 9.18. The van der Waals surface area contributed by atoms with E-state index in [4.69, 9.17) is 9.26 Å². The largest absolute Gasteiger partial charge is 0.488 e. The van der Waals surface area contributed by atoms with Crippen molar-refractivity contribution in [2.24, 2.45) is 5.92 Å². The number of aromatic nitrogens is 1. The second-order valence-corrected chi connectivity index (χ2v) is 12.4. The summed E-state index contributed by atoms with van der Waals surface area (Å²) in [6, 6.07) is 7.96. The second-order valence-electron chi connectivity index (χ2n) is 10.4. The number of ether oxygens (including phenoxy) is 1. The average molecular weight is 604 g/mol. The molecule has 1 aliphatic heterocycles. The standard InChI is InChI=1S/C28H34FN5O7S/c1-16-13-34(17(2)15-35)27(36)23-12-21(30-28(37)31-26-18(3)32-41-19(26)4)8-11-24(23)40-25(16)14-33(5)42(38,39)22-9-6-20(29)7-10-22/h6-12,16-17,25,35H,13-15H2,1-5H3,(H2,30,31,37)/t16-,17+,25-/m0/s1. The van der Waals surface area contributed by atoms with Gasteiger partial charge in [0.2, 0.25) is 10.0 Å². The molecule has 0 spiro atoms. The topological polar surface area (TPSA) is 154 Å². The first kappa shape index (κ1) is 30.9. The molecule has 0 saturated carbocycles. The number of aliphatic hydroxyl groups excluding tert-OH is 1. The van der Waals surface area contributed by atoms with Crippen molar-refractivity contribution in [1.82, 2.24) is 14.4 Å². The predicted molar refractivity (Wildman–Crippen MR) is 152 cm³/mol. The molecule has 0 radical (unpaired) electrons. The van der Waals surface area contributed by atoms with E-state index in [1.54, 1.807) is 26.8 Å². The lowest BCUT2D eigenvalue weighted by molar-refractivity contribution is 0.0387. The number of urea groups is 1. The van der Waals surface area contributed by atoms with Gasteiger partial charge in [-0.2, -0.15) is 4.31 Å². The maximum atomic E-state index is 13.7. The quantitative estimate of drug-likeness (QED) is 0.353. The van der Waals surface area contributed by atoms with Crippen LogP contribution in [0.25, 0.3) is 0 Å². The van der Waals surface area contributed by atoms with Crippen LogP contribution in [0.3, 0.4) is 0 Å². The van der Waals surface area contributed by atoms with Crippen molar-refractivity contribution in [3.05, 3.63) is 65.3 Å². The van der Waals surface area contributed by atoms with Gasteiger partial charge in [0.05, 0.1) is 29.7 Å². The first-order chi connectivity index (χ1) is 19.8. The van der Waals surface area contributed by atoms with Gasteiger partial charge in [0, 0.05) is 25.2 Å². The molecule has 2 heterocycles. The lowest BCUT2D eigenvalue weighted by Crippen LogP contribution is -2.50. The SMILES string of the molecule is Cc1noc(C)c1NC(=O)Nc1ccc2c(c1)C(=O)N([C@H](C)CO)C[C@H](C)[C@H](CN(C)S(=O)(=O)c1ccc(F)cc1)O2. The lowest BCUT2D eigenvalue weighted by atomic mass is 9.99. The highest BCUT2D eigenvalue weighted by molar-refractivity contribution is 7.89. The van der Waals surface area contributed by atoms with Gasteiger partial charge in [-0.05, 0) is 63.2 Å². The zero-order valence-corrected chi connectivity index (χ0v) is 24.7. The number of amides is 3. The summed E-state index contributed by atoms with van der Waals surface area (Å²) in [6.07, 6.45) is -0.702. The van der Waals surface area contributed by atoms with Crippen molar-refractivity contribution in [2.45, 2.75) is 44.7 Å². The molecular weight excluding hydrogens is 569 g/mol. The molecule has 0 saturated heterocycles. The summed E-state index contributed by atoms with van der Waals surface area (Å²) in [6.45, 7) is 6.67. The van der Waals surface area contributed by atoms with E-state index in [2.05, 4.69) is 15.8 Å². The van der Waals surface area contributed by atoms with Gasteiger partial charge in [-0.3, -0.25) is 4.79 Å². The monoisotopic (exact) mass is 603 g/mol. The van der Waals surface area contributed by atoms with Gasteiger partial charge in [0.1, 0.15) is 29.1 Å². The number of hydrogen-bond acceptors (Lipinski definition) is 8. The van der Waals surface area contributed by atoms with Crippen molar-refractivity contribution in [1.29, 1.82) is 0 Å². The van der Waals surface area contributed by atoms with E-state index >= 15 is 0 Å². The number of halogens is 1. The number of likely N-dealkylation sites (N-methyl/N-ethyl adjacent to an activating group) is 1. The van der Waals surface area contributed by atoms with E-state index in [1.165, 1.54) is 36.2 Å². The molecule has 0 fully saturated rings. The Hall–Kier alpha value is -4.01. The van der Waals surface area contributed by atoms with Crippen LogP contribution < -0.4 is 15.4 Å². The zero-order valence-electron chi connectivity index (χ0n) is 23.9. The summed E-state index contributed by atoms with van der Waals surface area (Å²) in [5.41, 5.74) is 1.36. The molecule has 3 aromatic rings. The van der Waals surface area contributed by atoms with E-state index in [-0.39, 0.29) is 41.8 Å². The second kappa shape index (κ2) is 12.5. The normalized spacial score (nSPS) is 18.1. The molecule has 3 amide bonds. The lowest BCUT2D eigenvalue weighted by Gasteiger charge is -2.38. The molecule has 1 aromatic heterocycles. The van der Waals surface area contributed by atoms with Crippen LogP contribution in [0.4, 0.5) is 20.6 Å². The fourth-order valence-electron chi connectivity index (χ4n) is 4.59. The maximum absolute atomic E-state index is 13.7. The fourth-order valence-corrected chi connectivity index (χ4v) is 5.78. The molecule has 14 heteroatoms. The molecule has 0 unspecified atom stereocenters. The summed E-state index contributed by atoms with van der Waals surface area (Å²) in [7, 11) is -2.57. The van der Waals surface area contributed by atoms with Crippen molar-refractivity contribution in [3.63, 3.8) is 0 Å². The van der Waals surface area contributed by atoms with Crippen molar-refractivity contribution < 1.29 is 36.8 Å². The molecule has 0 aliphatic carbocycles. The molecule has 226 valence electrons. The number of sulfonamides is 1. The van der Waals surface area contributed by atoms with Crippen molar-refractivity contribution in [3.8, 4) is 5.75 Å². The van der Waals surface area contributed by atoms with E-state index in [9.17, 15) is 27.5 Å². The van der Waals surface area contributed by atoms with E-state index in [0.29, 0.717) is 22.8 Å². The Morgan fingerprint density at radius 1 is 1.21 bits per heavy atom. The van der Waals surface area contributed by atoms with Crippen LogP contribution in [-0.2, 0) is 10.0 Å².